The van der Waals surface area contributed by atoms with Gasteiger partial charge in [0.1, 0.15) is 11.6 Å². The highest BCUT2D eigenvalue weighted by Gasteiger charge is 2.15. The van der Waals surface area contributed by atoms with Crippen molar-refractivity contribution < 1.29 is 23.5 Å². The molecule has 7 heteroatoms. The molecule has 3 rings (SSSR count). The summed E-state index contributed by atoms with van der Waals surface area (Å²) in [5.41, 5.74) is 2.98. The fourth-order valence-electron chi connectivity index (χ4n) is 2.70. The standard InChI is InChI=1S/C21H19FN2O4/c1-12-4-5-13(2)17(8-12)24-20(25)11-28-19-10-18(21(26)27-3)23-16-7-6-14(22)9-15(16)19/h4-10H,11H2,1-3H3,(H,24,25). The lowest BCUT2D eigenvalue weighted by atomic mass is 10.1. The fourth-order valence-corrected chi connectivity index (χ4v) is 2.70. The molecule has 0 atom stereocenters. The Hall–Kier alpha value is -3.48. The van der Waals surface area contributed by atoms with Crippen LogP contribution in [0.25, 0.3) is 10.9 Å². The van der Waals surface area contributed by atoms with Crippen LogP contribution in [0.2, 0.25) is 0 Å². The summed E-state index contributed by atoms with van der Waals surface area (Å²) in [5, 5.41) is 3.14. The van der Waals surface area contributed by atoms with Crippen molar-refractivity contribution in [3.05, 3.63) is 65.1 Å². The van der Waals surface area contributed by atoms with Gasteiger partial charge in [-0.05, 0) is 49.2 Å². The second-order valence-electron chi connectivity index (χ2n) is 6.31. The van der Waals surface area contributed by atoms with E-state index in [9.17, 15) is 14.0 Å². The average molecular weight is 382 g/mol. The number of hydrogen-bond acceptors (Lipinski definition) is 5. The Morgan fingerprint density at radius 3 is 2.64 bits per heavy atom. The second kappa shape index (κ2) is 8.04. The van der Waals surface area contributed by atoms with E-state index < -0.39 is 11.8 Å². The number of esters is 1. The number of rotatable bonds is 5. The molecule has 0 spiro atoms. The molecule has 0 saturated carbocycles. The van der Waals surface area contributed by atoms with Crippen LogP contribution in [0.1, 0.15) is 21.6 Å². The smallest absolute Gasteiger partial charge is 0.356 e. The lowest BCUT2D eigenvalue weighted by Crippen LogP contribution is -2.21. The number of methoxy groups -OCH3 is 1. The number of anilines is 1. The van der Waals surface area contributed by atoms with E-state index in [-0.39, 0.29) is 24.0 Å². The van der Waals surface area contributed by atoms with Gasteiger partial charge in [0.2, 0.25) is 0 Å². The molecule has 1 aromatic heterocycles. The van der Waals surface area contributed by atoms with E-state index in [4.69, 9.17) is 4.74 Å². The summed E-state index contributed by atoms with van der Waals surface area (Å²) in [4.78, 5) is 28.3. The van der Waals surface area contributed by atoms with E-state index in [1.54, 1.807) is 0 Å². The summed E-state index contributed by atoms with van der Waals surface area (Å²) in [6.07, 6.45) is 0. The van der Waals surface area contributed by atoms with Gasteiger partial charge in [-0.25, -0.2) is 14.2 Å². The molecule has 1 heterocycles. The molecular weight excluding hydrogens is 363 g/mol. The Bertz CT molecular complexity index is 1070. The summed E-state index contributed by atoms with van der Waals surface area (Å²) in [7, 11) is 1.23. The molecule has 6 nitrogen and oxygen atoms in total. The Kier molecular flexibility index (Phi) is 5.54. The molecule has 0 bridgehead atoms. The van der Waals surface area contributed by atoms with E-state index in [0.717, 1.165) is 11.1 Å². The number of nitrogens with zero attached hydrogens (tertiary/aromatic N) is 1. The molecule has 144 valence electrons. The number of amides is 1. The molecule has 0 aliphatic carbocycles. The minimum atomic E-state index is -0.657. The maximum absolute atomic E-state index is 13.7. The van der Waals surface area contributed by atoms with Crippen LogP contribution in [0.4, 0.5) is 10.1 Å². The number of fused-ring (bicyclic) bond motifs is 1. The van der Waals surface area contributed by atoms with Gasteiger partial charge in [0, 0.05) is 17.1 Å². The number of aromatic nitrogens is 1. The van der Waals surface area contributed by atoms with E-state index in [2.05, 4.69) is 15.0 Å². The van der Waals surface area contributed by atoms with Gasteiger partial charge in [-0.15, -0.1) is 0 Å². The number of halogens is 1. The third-order valence-electron chi connectivity index (χ3n) is 4.15. The van der Waals surface area contributed by atoms with Crippen molar-refractivity contribution in [2.45, 2.75) is 13.8 Å². The van der Waals surface area contributed by atoms with Crippen LogP contribution in [0.15, 0.2) is 42.5 Å². The summed E-state index contributed by atoms with van der Waals surface area (Å²) in [5.74, 6) is -1.35. The molecule has 0 fully saturated rings. The van der Waals surface area contributed by atoms with Crippen molar-refractivity contribution in [3.63, 3.8) is 0 Å². The molecule has 0 radical (unpaired) electrons. The summed E-state index contributed by atoms with van der Waals surface area (Å²) in [6.45, 7) is 3.50. The minimum absolute atomic E-state index is 0.00606. The van der Waals surface area contributed by atoms with Crippen molar-refractivity contribution in [2.24, 2.45) is 0 Å². The van der Waals surface area contributed by atoms with Crippen LogP contribution in [-0.4, -0.2) is 30.6 Å². The van der Waals surface area contributed by atoms with Gasteiger partial charge in [0.05, 0.1) is 12.6 Å². The number of pyridine rings is 1. The van der Waals surface area contributed by atoms with Gasteiger partial charge >= 0.3 is 5.97 Å². The van der Waals surface area contributed by atoms with Crippen molar-refractivity contribution in [1.29, 1.82) is 0 Å². The van der Waals surface area contributed by atoms with Gasteiger partial charge in [0.15, 0.2) is 12.3 Å². The SMILES string of the molecule is COC(=O)c1cc(OCC(=O)Nc2cc(C)ccc2C)c2cc(F)ccc2n1. The Morgan fingerprint density at radius 2 is 1.89 bits per heavy atom. The van der Waals surface area contributed by atoms with Crippen LogP contribution >= 0.6 is 0 Å². The predicted octanol–water partition coefficient (Wildman–Crippen LogP) is 3.79. The zero-order chi connectivity index (χ0) is 20.3. The van der Waals surface area contributed by atoms with E-state index in [1.165, 1.54) is 31.4 Å². The minimum Gasteiger partial charge on any atom is -0.483 e. The largest absolute Gasteiger partial charge is 0.483 e. The molecule has 1 amide bonds. The summed E-state index contributed by atoms with van der Waals surface area (Å²) < 4.78 is 23.9. The molecular formula is C21H19FN2O4. The lowest BCUT2D eigenvalue weighted by molar-refractivity contribution is -0.118. The third-order valence-corrected chi connectivity index (χ3v) is 4.15. The molecule has 2 aromatic carbocycles. The first-order valence-electron chi connectivity index (χ1n) is 8.56. The van der Waals surface area contributed by atoms with Crippen LogP contribution in [0.5, 0.6) is 5.75 Å². The zero-order valence-corrected chi connectivity index (χ0v) is 15.7. The molecule has 1 N–H and O–H groups in total. The Morgan fingerprint density at radius 1 is 1.11 bits per heavy atom. The number of benzene rings is 2. The van der Waals surface area contributed by atoms with Crippen LogP contribution in [0, 0.1) is 19.7 Å². The normalized spacial score (nSPS) is 10.6. The van der Waals surface area contributed by atoms with Crippen LogP contribution < -0.4 is 10.1 Å². The fraction of sp³-hybridized carbons (Fsp3) is 0.190. The van der Waals surface area contributed by atoms with Crippen molar-refractivity contribution in [1.82, 2.24) is 4.98 Å². The molecule has 0 aliphatic rings. The molecule has 3 aromatic rings. The first-order chi connectivity index (χ1) is 13.4. The van der Waals surface area contributed by atoms with Gasteiger partial charge in [-0.2, -0.15) is 0 Å². The highest BCUT2D eigenvalue weighted by molar-refractivity contribution is 5.95. The highest BCUT2D eigenvalue weighted by Crippen LogP contribution is 2.27. The summed E-state index contributed by atoms with van der Waals surface area (Å²) in [6, 6.07) is 11.0. The number of aryl methyl sites for hydroxylation is 2. The topological polar surface area (TPSA) is 77.5 Å². The molecule has 28 heavy (non-hydrogen) atoms. The first kappa shape index (κ1) is 19.3. The van der Waals surface area contributed by atoms with E-state index in [0.29, 0.717) is 16.6 Å². The van der Waals surface area contributed by atoms with Crippen molar-refractivity contribution >= 4 is 28.5 Å². The monoisotopic (exact) mass is 382 g/mol. The van der Waals surface area contributed by atoms with Gasteiger partial charge < -0.3 is 14.8 Å². The Labute approximate surface area is 161 Å². The quantitative estimate of drug-likeness (QED) is 0.679. The average Bonchev–Trinajstić information content (AvgIpc) is 2.68. The predicted molar refractivity (Wildman–Crippen MR) is 103 cm³/mol. The van der Waals surface area contributed by atoms with Crippen LogP contribution in [0.3, 0.4) is 0 Å². The number of nitrogens with one attached hydrogen (secondary N) is 1. The molecule has 0 aliphatic heterocycles. The highest BCUT2D eigenvalue weighted by atomic mass is 19.1. The van der Waals surface area contributed by atoms with E-state index >= 15 is 0 Å². The van der Waals surface area contributed by atoms with Crippen molar-refractivity contribution in [2.75, 3.05) is 19.0 Å². The zero-order valence-electron chi connectivity index (χ0n) is 15.7. The van der Waals surface area contributed by atoms with Gasteiger partial charge in [0.25, 0.3) is 5.91 Å². The third kappa shape index (κ3) is 4.25. The van der Waals surface area contributed by atoms with Gasteiger partial charge in [-0.3, -0.25) is 4.79 Å². The first-order valence-corrected chi connectivity index (χ1v) is 8.56. The maximum Gasteiger partial charge on any atom is 0.356 e. The van der Waals surface area contributed by atoms with Gasteiger partial charge in [-0.1, -0.05) is 12.1 Å². The van der Waals surface area contributed by atoms with Crippen molar-refractivity contribution in [3.8, 4) is 5.75 Å². The summed E-state index contributed by atoms with van der Waals surface area (Å²) >= 11 is 0. The number of ether oxygens (including phenoxy) is 2. The molecule has 0 saturated heterocycles. The van der Waals surface area contributed by atoms with E-state index in [1.807, 2.05) is 32.0 Å². The Balaban J connectivity index is 1.84. The lowest BCUT2D eigenvalue weighted by Gasteiger charge is -2.12. The number of carbonyl (C=O) groups excluding carboxylic acids is 2. The molecule has 0 unspecified atom stereocenters. The number of carbonyl (C=O) groups is 2. The maximum atomic E-state index is 13.7. The second-order valence-corrected chi connectivity index (χ2v) is 6.31. The number of hydrogen-bond donors (Lipinski definition) is 1. The van der Waals surface area contributed by atoms with Crippen LogP contribution in [-0.2, 0) is 9.53 Å².